The van der Waals surface area contributed by atoms with Crippen LogP contribution in [0.3, 0.4) is 0 Å². The summed E-state index contributed by atoms with van der Waals surface area (Å²) in [6.07, 6.45) is 6.56. The molecule has 1 unspecified atom stereocenters. The maximum Gasteiger partial charge on any atom is 0.0925 e. The normalized spacial score (nSPS) is 19.4. The Hall–Kier alpha value is -0.570. The Morgan fingerprint density at radius 1 is 1.30 bits per heavy atom. The van der Waals surface area contributed by atoms with Crippen molar-refractivity contribution in [1.82, 2.24) is 4.90 Å². The molecule has 1 N–H and O–H groups in total. The molecule has 1 atom stereocenters. The second-order valence-corrected chi connectivity index (χ2v) is 6.76. The lowest BCUT2D eigenvalue weighted by atomic mass is 9.77. The van der Waals surface area contributed by atoms with Crippen molar-refractivity contribution in [1.29, 1.82) is 0 Å². The molecule has 0 heterocycles. The van der Waals surface area contributed by atoms with Gasteiger partial charge < -0.3 is 10.0 Å². The Balaban J connectivity index is 2.18. The van der Waals surface area contributed by atoms with E-state index in [-0.39, 0.29) is 0 Å². The van der Waals surface area contributed by atoms with Crippen LogP contribution in [0.25, 0.3) is 0 Å². The van der Waals surface area contributed by atoms with E-state index in [2.05, 4.69) is 19.0 Å². The van der Waals surface area contributed by atoms with Gasteiger partial charge in [0.05, 0.1) is 5.60 Å². The molecule has 1 fully saturated rings. The number of aliphatic hydroxyl groups is 1. The van der Waals surface area contributed by atoms with E-state index >= 15 is 0 Å². The molecular weight excluding hydrogens is 270 g/mol. The second kappa shape index (κ2) is 6.93. The number of nitrogens with zero attached hydrogens (tertiary/aromatic N) is 1. The highest BCUT2D eigenvalue weighted by Crippen LogP contribution is 2.43. The number of hydrogen-bond acceptors (Lipinski definition) is 2. The maximum atomic E-state index is 11.3. The molecule has 0 aromatic heterocycles. The number of halogens is 1. The Bertz CT molecular complexity index is 429. The first-order chi connectivity index (χ1) is 9.52. The fourth-order valence-corrected chi connectivity index (χ4v) is 3.60. The molecule has 1 saturated carbocycles. The lowest BCUT2D eigenvalue weighted by Crippen LogP contribution is -2.34. The summed E-state index contributed by atoms with van der Waals surface area (Å²) in [6, 6.07) is 7.79. The van der Waals surface area contributed by atoms with Crippen LogP contribution in [0.15, 0.2) is 24.3 Å². The lowest BCUT2D eigenvalue weighted by molar-refractivity contribution is -0.0326. The molecular formula is C17H26ClNO. The molecule has 1 aliphatic rings. The van der Waals surface area contributed by atoms with Crippen molar-refractivity contribution in [2.75, 3.05) is 20.6 Å². The van der Waals surface area contributed by atoms with E-state index in [4.69, 9.17) is 11.6 Å². The first-order valence-electron chi connectivity index (χ1n) is 7.65. The van der Waals surface area contributed by atoms with Gasteiger partial charge in [0.2, 0.25) is 0 Å². The van der Waals surface area contributed by atoms with Gasteiger partial charge in [0.15, 0.2) is 0 Å². The smallest absolute Gasteiger partial charge is 0.0925 e. The van der Waals surface area contributed by atoms with Gasteiger partial charge in [0, 0.05) is 5.02 Å². The van der Waals surface area contributed by atoms with Gasteiger partial charge in [-0.15, -0.1) is 0 Å². The predicted molar refractivity (Wildman–Crippen MR) is 85.1 cm³/mol. The summed E-state index contributed by atoms with van der Waals surface area (Å²) in [6.45, 7) is 1.01. The van der Waals surface area contributed by atoms with Gasteiger partial charge in [0.25, 0.3) is 0 Å². The molecule has 0 bridgehead atoms. The molecule has 2 rings (SSSR count). The zero-order valence-electron chi connectivity index (χ0n) is 12.6. The summed E-state index contributed by atoms with van der Waals surface area (Å²) >= 11 is 6.12. The van der Waals surface area contributed by atoms with Crippen molar-refractivity contribution in [3.05, 3.63) is 34.9 Å². The van der Waals surface area contributed by atoms with E-state index in [0.29, 0.717) is 10.9 Å². The van der Waals surface area contributed by atoms with Crippen molar-refractivity contribution >= 4 is 11.6 Å². The van der Waals surface area contributed by atoms with Crippen LogP contribution in [-0.4, -0.2) is 30.6 Å². The Morgan fingerprint density at radius 2 is 2.00 bits per heavy atom. The fraction of sp³-hybridized carbons (Fsp3) is 0.647. The Labute approximate surface area is 127 Å². The van der Waals surface area contributed by atoms with Gasteiger partial charge in [-0.3, -0.25) is 0 Å². The molecule has 1 aliphatic carbocycles. The quantitative estimate of drug-likeness (QED) is 0.855. The molecule has 0 amide bonds. The molecule has 1 aromatic rings. The summed E-state index contributed by atoms with van der Waals surface area (Å²) in [5.74, 6) is 0.378. The monoisotopic (exact) mass is 295 g/mol. The van der Waals surface area contributed by atoms with E-state index in [1.807, 2.05) is 24.3 Å². The summed E-state index contributed by atoms with van der Waals surface area (Å²) in [7, 11) is 4.15. The lowest BCUT2D eigenvalue weighted by Gasteiger charge is -2.35. The van der Waals surface area contributed by atoms with Gasteiger partial charge in [-0.25, -0.2) is 0 Å². The molecule has 0 saturated heterocycles. The highest BCUT2D eigenvalue weighted by Gasteiger charge is 2.39. The minimum absolute atomic E-state index is 0.378. The van der Waals surface area contributed by atoms with Crippen LogP contribution in [0.1, 0.15) is 44.1 Å². The standard InChI is InChI=1S/C17H26ClNO/c1-19(2)12-6-11-17(20,14-7-3-4-8-14)15-9-5-10-16(18)13-15/h5,9-10,13-14,20H,3-4,6-8,11-12H2,1-2H3. The Morgan fingerprint density at radius 3 is 2.60 bits per heavy atom. The average molecular weight is 296 g/mol. The fourth-order valence-electron chi connectivity index (χ4n) is 3.41. The maximum absolute atomic E-state index is 11.3. The summed E-state index contributed by atoms with van der Waals surface area (Å²) < 4.78 is 0. The predicted octanol–water partition coefficient (Wildman–Crippen LogP) is 4.06. The van der Waals surface area contributed by atoms with Crippen molar-refractivity contribution in [3.63, 3.8) is 0 Å². The molecule has 20 heavy (non-hydrogen) atoms. The summed E-state index contributed by atoms with van der Waals surface area (Å²) in [5.41, 5.74) is 0.285. The molecule has 0 spiro atoms. The van der Waals surface area contributed by atoms with Crippen LogP contribution in [0.5, 0.6) is 0 Å². The first-order valence-corrected chi connectivity index (χ1v) is 8.03. The highest BCUT2D eigenvalue weighted by molar-refractivity contribution is 6.30. The van der Waals surface area contributed by atoms with Crippen LogP contribution in [0.2, 0.25) is 5.02 Å². The van der Waals surface area contributed by atoms with Gasteiger partial charge >= 0.3 is 0 Å². The zero-order valence-corrected chi connectivity index (χ0v) is 13.4. The first kappa shape index (κ1) is 15.8. The van der Waals surface area contributed by atoms with Gasteiger partial charge in [-0.05, 0) is 69.9 Å². The van der Waals surface area contributed by atoms with Crippen LogP contribution in [0, 0.1) is 5.92 Å². The molecule has 3 heteroatoms. The van der Waals surface area contributed by atoms with E-state index in [1.165, 1.54) is 12.8 Å². The van der Waals surface area contributed by atoms with Crippen LogP contribution in [-0.2, 0) is 5.60 Å². The number of hydrogen-bond donors (Lipinski definition) is 1. The SMILES string of the molecule is CN(C)CCCC(O)(c1cccc(Cl)c1)C1CCCC1. The topological polar surface area (TPSA) is 23.5 Å². The molecule has 112 valence electrons. The third-order valence-corrected chi connectivity index (χ3v) is 4.75. The van der Waals surface area contributed by atoms with E-state index in [1.54, 1.807) is 0 Å². The van der Waals surface area contributed by atoms with Gasteiger partial charge in [0.1, 0.15) is 0 Å². The van der Waals surface area contributed by atoms with Crippen molar-refractivity contribution in [2.45, 2.75) is 44.1 Å². The van der Waals surface area contributed by atoms with E-state index in [0.717, 1.165) is 37.8 Å². The van der Waals surface area contributed by atoms with Crippen LogP contribution in [0.4, 0.5) is 0 Å². The van der Waals surface area contributed by atoms with Crippen molar-refractivity contribution < 1.29 is 5.11 Å². The second-order valence-electron chi connectivity index (χ2n) is 6.32. The molecule has 0 aliphatic heterocycles. The van der Waals surface area contributed by atoms with E-state index < -0.39 is 5.60 Å². The van der Waals surface area contributed by atoms with Crippen LogP contribution >= 0.6 is 11.6 Å². The minimum Gasteiger partial charge on any atom is -0.385 e. The van der Waals surface area contributed by atoms with Gasteiger partial charge in [-0.2, -0.15) is 0 Å². The average Bonchev–Trinajstić information content (AvgIpc) is 2.92. The summed E-state index contributed by atoms with van der Waals surface area (Å²) in [5, 5.41) is 12.1. The van der Waals surface area contributed by atoms with Gasteiger partial charge in [-0.1, -0.05) is 36.6 Å². The summed E-state index contributed by atoms with van der Waals surface area (Å²) in [4.78, 5) is 2.17. The van der Waals surface area contributed by atoms with E-state index in [9.17, 15) is 5.11 Å². The van der Waals surface area contributed by atoms with Crippen molar-refractivity contribution in [2.24, 2.45) is 5.92 Å². The number of benzene rings is 1. The third-order valence-electron chi connectivity index (χ3n) is 4.52. The largest absolute Gasteiger partial charge is 0.385 e. The zero-order chi connectivity index (χ0) is 14.6. The third kappa shape index (κ3) is 3.75. The Kier molecular flexibility index (Phi) is 5.48. The van der Waals surface area contributed by atoms with Crippen LogP contribution < -0.4 is 0 Å². The minimum atomic E-state index is -0.711. The molecule has 1 aromatic carbocycles. The molecule has 0 radical (unpaired) electrons. The highest BCUT2D eigenvalue weighted by atomic mass is 35.5. The number of rotatable bonds is 6. The van der Waals surface area contributed by atoms with Crippen molar-refractivity contribution in [3.8, 4) is 0 Å². The molecule has 2 nitrogen and oxygen atoms in total.